The third kappa shape index (κ3) is 2.79. The number of hydrogen-bond donors (Lipinski definition) is 0. The molecule has 14 heavy (non-hydrogen) atoms. The Morgan fingerprint density at radius 2 is 1.50 bits per heavy atom. The first-order chi connectivity index (χ1) is 6.62. The van der Waals surface area contributed by atoms with Crippen molar-refractivity contribution in [2.45, 2.75) is 45.5 Å². The molecule has 0 aliphatic carbocycles. The molecular weight excluding hydrogens is 220 g/mol. The van der Waals surface area contributed by atoms with Crippen LogP contribution >= 0.6 is 0 Å². The molecule has 0 spiro atoms. The fraction of sp³-hybridized carbons (Fsp3) is 1.00. The minimum atomic E-state index is -1.24. The van der Waals surface area contributed by atoms with E-state index < -0.39 is 8.40 Å². The molecule has 0 saturated carbocycles. The molecule has 80 valence electrons. The first-order valence-corrected chi connectivity index (χ1v) is 11.3. The van der Waals surface area contributed by atoms with E-state index in [9.17, 15) is 0 Å². The molecule has 5 heteroatoms. The van der Waals surface area contributed by atoms with Gasteiger partial charge in [-0.2, -0.15) is 0 Å². The summed E-state index contributed by atoms with van der Waals surface area (Å²) < 4.78 is 5.54. The van der Waals surface area contributed by atoms with Crippen molar-refractivity contribution in [1.29, 1.82) is 0 Å². The van der Waals surface area contributed by atoms with Crippen LogP contribution in [0.4, 0.5) is 0 Å². The normalized spacial score (nSPS) is 20.4. The van der Waals surface area contributed by atoms with Gasteiger partial charge >= 0.3 is 0 Å². The zero-order valence-corrected chi connectivity index (χ0v) is 12.9. The Hall–Kier alpha value is 0.571. The van der Waals surface area contributed by atoms with Crippen molar-refractivity contribution in [3.8, 4) is 0 Å². The van der Waals surface area contributed by atoms with Gasteiger partial charge in [0, 0.05) is 0 Å². The molecule has 2 nitrogen and oxygen atoms in total. The van der Waals surface area contributed by atoms with Gasteiger partial charge in [-0.3, -0.25) is 0 Å². The van der Waals surface area contributed by atoms with Gasteiger partial charge < -0.3 is 8.46 Å². The van der Waals surface area contributed by atoms with Crippen molar-refractivity contribution in [3.05, 3.63) is 0 Å². The lowest BCUT2D eigenvalue weighted by atomic mass is 10.2. The van der Waals surface area contributed by atoms with Gasteiger partial charge in [0.2, 0.25) is 0 Å². The molecule has 0 amide bonds. The van der Waals surface area contributed by atoms with Crippen molar-refractivity contribution in [3.63, 3.8) is 0 Å². The first kappa shape index (κ1) is 12.6. The molecule has 1 rings (SSSR count). The predicted molar refractivity (Wildman–Crippen MR) is 68.0 cm³/mol. The highest BCUT2D eigenvalue weighted by Crippen LogP contribution is 2.19. The lowest BCUT2D eigenvalue weighted by molar-refractivity contribution is 0.333. The summed E-state index contributed by atoms with van der Waals surface area (Å²) in [7, 11) is 0.740. The van der Waals surface area contributed by atoms with E-state index in [2.05, 4.69) is 34.7 Å². The maximum absolute atomic E-state index is 2.80. The van der Waals surface area contributed by atoms with Gasteiger partial charge in [-0.05, 0) is 39.0 Å². The minimum absolute atomic E-state index is 0.990. The molecule has 1 heterocycles. The Balaban J connectivity index is 2.60. The Morgan fingerprint density at radius 3 is 1.93 bits per heavy atom. The lowest BCUT2D eigenvalue weighted by Gasteiger charge is -2.45. The summed E-state index contributed by atoms with van der Waals surface area (Å²) in [5.41, 5.74) is 0. The third-order valence-electron chi connectivity index (χ3n) is 3.12. The van der Waals surface area contributed by atoms with Crippen LogP contribution in [0.25, 0.3) is 0 Å². The van der Waals surface area contributed by atoms with Gasteiger partial charge in [-0.25, -0.2) is 0 Å². The van der Waals surface area contributed by atoms with Gasteiger partial charge in [0.15, 0.2) is 8.40 Å². The summed E-state index contributed by atoms with van der Waals surface area (Å²) in [6.45, 7) is 12.4. The highest BCUT2D eigenvalue weighted by Gasteiger charge is 2.34. The number of nitrogens with zero attached hydrogens (tertiary/aromatic N) is 2. The summed E-state index contributed by atoms with van der Waals surface area (Å²) >= 11 is 0. The summed E-state index contributed by atoms with van der Waals surface area (Å²) in [5.74, 6) is 0. The summed E-state index contributed by atoms with van der Waals surface area (Å²) in [6.07, 6.45) is 4.29. The molecule has 1 aliphatic heterocycles. The highest BCUT2D eigenvalue weighted by molar-refractivity contribution is 6.84. The largest absolute Gasteiger partial charge is 0.360 e. The van der Waals surface area contributed by atoms with E-state index in [1.165, 1.54) is 32.4 Å². The Morgan fingerprint density at radius 1 is 1.00 bits per heavy atom. The van der Waals surface area contributed by atoms with Crippen LogP contribution in [-0.4, -0.2) is 49.3 Å². The minimum Gasteiger partial charge on any atom is -0.360 e. The van der Waals surface area contributed by atoms with Crippen LogP contribution in [0.3, 0.4) is 0 Å². The van der Waals surface area contributed by atoms with E-state index in [1.54, 1.807) is 0 Å². The number of piperidine rings is 1. The first-order valence-electron chi connectivity index (χ1n) is 5.53. The van der Waals surface area contributed by atoms with E-state index in [1.807, 2.05) is 0 Å². The fourth-order valence-electron chi connectivity index (χ4n) is 2.24. The van der Waals surface area contributed by atoms with Gasteiger partial charge in [0.25, 0.3) is 0 Å². The van der Waals surface area contributed by atoms with Gasteiger partial charge in [-0.15, -0.1) is 0 Å². The fourth-order valence-corrected chi connectivity index (χ4v) is 10.1. The second-order valence-corrected chi connectivity index (χ2v) is 11.5. The quantitative estimate of drug-likeness (QED) is 0.694. The second kappa shape index (κ2) is 5.60. The van der Waals surface area contributed by atoms with E-state index in [0.29, 0.717) is 0 Å². The molecule has 0 aromatic heterocycles. The molecule has 1 saturated heterocycles. The van der Waals surface area contributed by atoms with E-state index >= 15 is 0 Å². The smallest absolute Gasteiger partial charge is 0.186 e. The van der Waals surface area contributed by atoms with Gasteiger partial charge in [0.1, 0.15) is 19.4 Å². The summed E-state index contributed by atoms with van der Waals surface area (Å²) in [6, 6.07) is 0. The van der Waals surface area contributed by atoms with Gasteiger partial charge in [0.05, 0.1) is 0 Å². The standard InChI is InChI=1S/C9H22N2Si3/c1-12-11(13-2)14(3,4)10-8-6-5-7-9-10/h5-9H2,1-4H3. The van der Waals surface area contributed by atoms with E-state index in [4.69, 9.17) is 0 Å². The lowest BCUT2D eigenvalue weighted by Crippen LogP contribution is -2.64. The predicted octanol–water partition coefficient (Wildman–Crippen LogP) is 1.81. The van der Waals surface area contributed by atoms with Crippen LogP contribution < -0.4 is 0 Å². The molecule has 0 atom stereocenters. The molecular formula is C9H22N2Si3. The van der Waals surface area contributed by atoms with Crippen molar-refractivity contribution in [2.75, 3.05) is 13.1 Å². The van der Waals surface area contributed by atoms with Crippen LogP contribution in [0, 0.1) is 0 Å². The van der Waals surface area contributed by atoms with Crippen molar-refractivity contribution in [1.82, 2.24) is 8.46 Å². The number of hydrogen-bond acceptors (Lipinski definition) is 2. The zero-order chi connectivity index (χ0) is 10.6. The van der Waals surface area contributed by atoms with E-state index in [0.717, 1.165) is 19.4 Å². The second-order valence-electron chi connectivity index (χ2n) is 4.32. The molecule has 0 N–H and O–H groups in total. The van der Waals surface area contributed by atoms with Crippen LogP contribution in [0.1, 0.15) is 19.3 Å². The van der Waals surface area contributed by atoms with Crippen LogP contribution in [-0.2, 0) is 0 Å². The zero-order valence-electron chi connectivity index (χ0n) is 9.93. The average molecular weight is 243 g/mol. The van der Waals surface area contributed by atoms with Crippen molar-refractivity contribution < 1.29 is 0 Å². The van der Waals surface area contributed by atoms with Crippen molar-refractivity contribution >= 4 is 27.8 Å². The molecule has 0 bridgehead atoms. The SMILES string of the molecule is C[Si]N([Si]C)[Si](C)(C)N1CCCCC1. The summed E-state index contributed by atoms with van der Waals surface area (Å²) in [5, 5.41) is 0. The molecule has 0 aromatic rings. The van der Waals surface area contributed by atoms with Crippen LogP contribution in [0.15, 0.2) is 0 Å². The maximum Gasteiger partial charge on any atom is 0.186 e. The topological polar surface area (TPSA) is 6.48 Å². The van der Waals surface area contributed by atoms with E-state index in [-0.39, 0.29) is 0 Å². The molecule has 4 radical (unpaired) electrons. The van der Waals surface area contributed by atoms with Gasteiger partial charge in [-0.1, -0.05) is 19.5 Å². The van der Waals surface area contributed by atoms with Crippen LogP contribution in [0.2, 0.25) is 26.2 Å². The Bertz CT molecular complexity index is 165. The Labute approximate surface area is 95.0 Å². The Kier molecular flexibility index (Phi) is 5.05. The monoisotopic (exact) mass is 242 g/mol. The maximum atomic E-state index is 2.80. The number of rotatable bonds is 4. The third-order valence-corrected chi connectivity index (χ3v) is 13.1. The average Bonchev–Trinajstić information content (AvgIpc) is 2.20. The molecule has 1 fully saturated rings. The molecule has 1 aliphatic rings. The summed E-state index contributed by atoms with van der Waals surface area (Å²) in [4.78, 5) is 0. The van der Waals surface area contributed by atoms with Crippen molar-refractivity contribution in [2.24, 2.45) is 0 Å². The molecule has 0 unspecified atom stereocenters. The van der Waals surface area contributed by atoms with Crippen LogP contribution in [0.5, 0.6) is 0 Å². The highest BCUT2D eigenvalue weighted by atomic mass is 28.4. The molecule has 0 aromatic carbocycles.